The first-order valence-electron chi connectivity index (χ1n) is 7.01. The number of nitrogens with one attached hydrogen (secondary N) is 1. The van der Waals surface area contributed by atoms with Crippen LogP contribution < -0.4 is 5.32 Å². The van der Waals surface area contributed by atoms with E-state index in [4.69, 9.17) is 0 Å². The van der Waals surface area contributed by atoms with E-state index in [1.54, 1.807) is 6.20 Å². The Morgan fingerprint density at radius 3 is 2.68 bits per heavy atom. The van der Waals surface area contributed by atoms with Gasteiger partial charge in [0.2, 0.25) is 0 Å². The van der Waals surface area contributed by atoms with Gasteiger partial charge in [0.25, 0.3) is 0 Å². The van der Waals surface area contributed by atoms with Crippen molar-refractivity contribution < 1.29 is 8.42 Å². The van der Waals surface area contributed by atoms with E-state index in [9.17, 15) is 8.42 Å². The normalized spacial score (nSPS) is 17.5. The second-order valence-electron chi connectivity index (χ2n) is 5.12. The van der Waals surface area contributed by atoms with E-state index >= 15 is 0 Å². The largest absolute Gasteiger partial charge is 0.310 e. The molecule has 0 unspecified atom stereocenters. The van der Waals surface area contributed by atoms with E-state index in [1.165, 1.54) is 6.42 Å². The van der Waals surface area contributed by atoms with Gasteiger partial charge < -0.3 is 5.32 Å². The van der Waals surface area contributed by atoms with Crippen molar-refractivity contribution in [3.8, 4) is 0 Å². The average molecular weight is 282 g/mol. The van der Waals surface area contributed by atoms with Crippen LogP contribution in [0.15, 0.2) is 24.4 Å². The maximum Gasteiger partial charge on any atom is 0.154 e. The molecule has 1 N–H and O–H groups in total. The van der Waals surface area contributed by atoms with Gasteiger partial charge in [0.15, 0.2) is 9.84 Å². The highest BCUT2D eigenvalue weighted by Crippen LogP contribution is 2.23. The quantitative estimate of drug-likeness (QED) is 0.810. The lowest BCUT2D eigenvalue weighted by Gasteiger charge is -2.21. The molecule has 0 aromatic carbocycles. The van der Waals surface area contributed by atoms with Gasteiger partial charge in [0.1, 0.15) is 0 Å². The fourth-order valence-corrected chi connectivity index (χ4v) is 4.34. The van der Waals surface area contributed by atoms with Gasteiger partial charge >= 0.3 is 0 Å². The average Bonchev–Trinajstić information content (AvgIpc) is 2.46. The van der Waals surface area contributed by atoms with Crippen LogP contribution in [0.3, 0.4) is 0 Å². The molecule has 1 fully saturated rings. The van der Waals surface area contributed by atoms with Gasteiger partial charge in [-0.15, -0.1) is 0 Å². The predicted octanol–water partition coefficient (Wildman–Crippen LogP) is 1.92. The van der Waals surface area contributed by atoms with Crippen molar-refractivity contribution in [3.05, 3.63) is 30.1 Å². The molecule has 4 nitrogen and oxygen atoms in total. The summed E-state index contributed by atoms with van der Waals surface area (Å²) in [5.74, 6) is 0.241. The molecule has 0 atom stereocenters. The fourth-order valence-electron chi connectivity index (χ4n) is 2.52. The highest BCUT2D eigenvalue weighted by atomic mass is 32.2. The number of nitrogens with zero attached hydrogens (tertiary/aromatic N) is 1. The summed E-state index contributed by atoms with van der Waals surface area (Å²) in [7, 11) is -2.92. The molecule has 1 heterocycles. The molecular formula is C14H22N2O2S. The molecule has 2 rings (SSSR count). The molecule has 106 valence electrons. The Morgan fingerprint density at radius 1 is 1.21 bits per heavy atom. The number of aromatic nitrogens is 1. The van der Waals surface area contributed by atoms with Crippen LogP contribution in [0.25, 0.3) is 0 Å². The van der Waals surface area contributed by atoms with Crippen LogP contribution in [0, 0.1) is 0 Å². The standard InChI is InChI=1S/C14H22N2O2S/c17-19(18,14-7-2-1-3-8-14)11-10-15-12-13-6-4-5-9-16-13/h4-6,9,14-15H,1-3,7-8,10-12H2. The highest BCUT2D eigenvalue weighted by molar-refractivity contribution is 7.92. The smallest absolute Gasteiger partial charge is 0.154 e. The molecule has 5 heteroatoms. The van der Waals surface area contributed by atoms with Crippen LogP contribution in [0.5, 0.6) is 0 Å². The van der Waals surface area contributed by atoms with Crippen LogP contribution in [-0.2, 0) is 16.4 Å². The second kappa shape index (κ2) is 7.01. The van der Waals surface area contributed by atoms with Gasteiger partial charge in [0, 0.05) is 19.3 Å². The molecule has 1 aliphatic rings. The fraction of sp³-hybridized carbons (Fsp3) is 0.643. The summed E-state index contributed by atoms with van der Waals surface area (Å²) >= 11 is 0. The predicted molar refractivity (Wildman–Crippen MR) is 76.6 cm³/mol. The monoisotopic (exact) mass is 282 g/mol. The minimum Gasteiger partial charge on any atom is -0.310 e. The van der Waals surface area contributed by atoms with Crippen molar-refractivity contribution in [2.75, 3.05) is 12.3 Å². The number of hydrogen-bond donors (Lipinski definition) is 1. The van der Waals surface area contributed by atoms with E-state index < -0.39 is 9.84 Å². The van der Waals surface area contributed by atoms with Gasteiger partial charge in [-0.05, 0) is 25.0 Å². The Bertz CT molecular complexity index is 467. The maximum absolute atomic E-state index is 12.1. The molecule has 0 saturated heterocycles. The summed E-state index contributed by atoms with van der Waals surface area (Å²) in [4.78, 5) is 4.19. The first-order valence-corrected chi connectivity index (χ1v) is 8.72. The first-order chi connectivity index (χ1) is 9.18. The maximum atomic E-state index is 12.1. The zero-order valence-corrected chi connectivity index (χ0v) is 12.0. The van der Waals surface area contributed by atoms with Crippen LogP contribution in [0.4, 0.5) is 0 Å². The molecule has 0 aliphatic heterocycles. The number of pyridine rings is 1. The van der Waals surface area contributed by atoms with Crippen molar-refractivity contribution in [2.24, 2.45) is 0 Å². The van der Waals surface area contributed by atoms with Crippen LogP contribution in [-0.4, -0.2) is 30.9 Å². The molecule has 1 aromatic heterocycles. The minimum absolute atomic E-state index is 0.0992. The van der Waals surface area contributed by atoms with Crippen LogP contribution in [0.1, 0.15) is 37.8 Å². The van der Waals surface area contributed by atoms with Gasteiger partial charge in [-0.1, -0.05) is 25.3 Å². The summed E-state index contributed by atoms with van der Waals surface area (Å²) in [5.41, 5.74) is 0.942. The Labute approximate surface area is 115 Å². The Balaban J connectivity index is 1.72. The molecule has 0 spiro atoms. The highest BCUT2D eigenvalue weighted by Gasteiger charge is 2.26. The van der Waals surface area contributed by atoms with E-state index in [1.807, 2.05) is 18.2 Å². The Kier molecular flexibility index (Phi) is 5.34. The van der Waals surface area contributed by atoms with Gasteiger partial charge in [-0.3, -0.25) is 4.98 Å². The van der Waals surface area contributed by atoms with Crippen molar-refractivity contribution in [3.63, 3.8) is 0 Å². The zero-order chi connectivity index (χ0) is 13.6. The summed E-state index contributed by atoms with van der Waals surface area (Å²) in [6.07, 6.45) is 6.75. The second-order valence-corrected chi connectivity index (χ2v) is 7.53. The Hall–Kier alpha value is -0.940. The molecule has 1 aliphatic carbocycles. The van der Waals surface area contributed by atoms with E-state index in [0.717, 1.165) is 31.4 Å². The van der Waals surface area contributed by atoms with Crippen molar-refractivity contribution in [1.82, 2.24) is 10.3 Å². The molecule has 19 heavy (non-hydrogen) atoms. The van der Waals surface area contributed by atoms with E-state index in [2.05, 4.69) is 10.3 Å². The lowest BCUT2D eigenvalue weighted by atomic mass is 10.0. The molecule has 0 bridgehead atoms. The topological polar surface area (TPSA) is 59.1 Å². The van der Waals surface area contributed by atoms with E-state index in [0.29, 0.717) is 13.1 Å². The number of sulfone groups is 1. The zero-order valence-electron chi connectivity index (χ0n) is 11.2. The van der Waals surface area contributed by atoms with Gasteiger partial charge in [-0.2, -0.15) is 0 Å². The Morgan fingerprint density at radius 2 is 2.00 bits per heavy atom. The molecule has 1 saturated carbocycles. The number of rotatable bonds is 6. The summed E-state index contributed by atoms with van der Waals surface area (Å²) in [5, 5.41) is 3.06. The first kappa shape index (κ1) is 14.5. The molecule has 0 radical (unpaired) electrons. The summed E-state index contributed by atoms with van der Waals surface area (Å²) in [6, 6.07) is 5.74. The molecule has 0 amide bonds. The third-order valence-corrected chi connectivity index (χ3v) is 5.92. The molecule has 1 aromatic rings. The van der Waals surface area contributed by atoms with Gasteiger partial charge in [-0.25, -0.2) is 8.42 Å². The molecular weight excluding hydrogens is 260 g/mol. The third kappa shape index (κ3) is 4.58. The summed E-state index contributed by atoms with van der Waals surface area (Å²) in [6.45, 7) is 1.14. The summed E-state index contributed by atoms with van der Waals surface area (Å²) < 4.78 is 24.3. The van der Waals surface area contributed by atoms with E-state index in [-0.39, 0.29) is 11.0 Å². The third-order valence-electron chi connectivity index (χ3n) is 3.66. The van der Waals surface area contributed by atoms with Crippen LogP contribution in [0.2, 0.25) is 0 Å². The van der Waals surface area contributed by atoms with Crippen LogP contribution >= 0.6 is 0 Å². The van der Waals surface area contributed by atoms with Crippen molar-refractivity contribution >= 4 is 9.84 Å². The minimum atomic E-state index is -2.92. The van der Waals surface area contributed by atoms with Crippen molar-refractivity contribution in [2.45, 2.75) is 43.9 Å². The van der Waals surface area contributed by atoms with Crippen molar-refractivity contribution in [1.29, 1.82) is 0 Å². The number of hydrogen-bond acceptors (Lipinski definition) is 4. The lowest BCUT2D eigenvalue weighted by Crippen LogP contribution is -2.31. The van der Waals surface area contributed by atoms with Gasteiger partial charge in [0.05, 0.1) is 16.7 Å². The SMILES string of the molecule is O=S(=O)(CCNCc1ccccn1)C1CCCCC1. The lowest BCUT2D eigenvalue weighted by molar-refractivity contribution is 0.482.